The van der Waals surface area contributed by atoms with Gasteiger partial charge in [-0.05, 0) is 19.5 Å². The summed E-state index contributed by atoms with van der Waals surface area (Å²) in [7, 11) is 3.59. The van der Waals surface area contributed by atoms with Gasteiger partial charge in [0.15, 0.2) is 0 Å². The van der Waals surface area contributed by atoms with E-state index in [2.05, 4.69) is 15.5 Å². The van der Waals surface area contributed by atoms with E-state index in [4.69, 9.17) is 9.15 Å². The van der Waals surface area contributed by atoms with Crippen LogP contribution in [0.25, 0.3) is 0 Å². The molecular weight excluding hydrogens is 268 g/mol. The third-order valence-electron chi connectivity index (χ3n) is 3.24. The van der Waals surface area contributed by atoms with Crippen LogP contribution in [0.3, 0.4) is 0 Å². The van der Waals surface area contributed by atoms with Gasteiger partial charge < -0.3 is 19.4 Å². The second kappa shape index (κ2) is 7.08. The quantitative estimate of drug-likeness (QED) is 0.844. The molecule has 0 saturated heterocycles. The minimum atomic E-state index is 0.0518. The number of hydrogen-bond donors (Lipinski definition) is 1. The molecule has 0 aliphatic carbocycles. The van der Waals surface area contributed by atoms with Crippen molar-refractivity contribution in [2.75, 3.05) is 25.6 Å². The van der Waals surface area contributed by atoms with Crippen LogP contribution in [-0.2, 0) is 6.54 Å². The number of aromatic nitrogens is 2. The molecule has 0 bridgehead atoms. The van der Waals surface area contributed by atoms with E-state index in [1.54, 1.807) is 7.11 Å². The molecule has 1 atom stereocenters. The van der Waals surface area contributed by atoms with Gasteiger partial charge in [0.25, 0.3) is 0 Å². The Morgan fingerprint density at radius 2 is 2.10 bits per heavy atom. The minimum Gasteiger partial charge on any atom is -0.496 e. The first-order valence-corrected chi connectivity index (χ1v) is 7.05. The highest BCUT2D eigenvalue weighted by Crippen LogP contribution is 2.22. The lowest BCUT2D eigenvalue weighted by molar-refractivity contribution is 0.406. The van der Waals surface area contributed by atoms with Crippen molar-refractivity contribution < 1.29 is 9.15 Å². The molecule has 1 N–H and O–H groups in total. The van der Waals surface area contributed by atoms with Crippen molar-refractivity contribution in [3.05, 3.63) is 35.7 Å². The molecule has 0 spiro atoms. The van der Waals surface area contributed by atoms with Crippen LogP contribution >= 0.6 is 0 Å². The molecule has 6 heteroatoms. The van der Waals surface area contributed by atoms with Crippen LogP contribution in [0.15, 0.2) is 28.7 Å². The number of nitrogens with zero attached hydrogens (tertiary/aromatic N) is 3. The molecule has 0 fully saturated rings. The predicted molar refractivity (Wildman–Crippen MR) is 81.5 cm³/mol. The highest BCUT2D eigenvalue weighted by Gasteiger charge is 2.16. The predicted octanol–water partition coefficient (Wildman–Crippen LogP) is 2.39. The van der Waals surface area contributed by atoms with Gasteiger partial charge in [0.05, 0.1) is 19.7 Å². The van der Waals surface area contributed by atoms with Crippen molar-refractivity contribution in [3.8, 4) is 5.75 Å². The Morgan fingerprint density at radius 3 is 2.81 bits per heavy atom. The Bertz CT molecular complexity index is 570. The molecule has 0 aliphatic rings. The molecule has 1 heterocycles. The van der Waals surface area contributed by atoms with Gasteiger partial charge in [-0.1, -0.05) is 30.2 Å². The monoisotopic (exact) mass is 290 g/mol. The molecule has 114 valence electrons. The summed E-state index contributed by atoms with van der Waals surface area (Å²) in [6.45, 7) is 5.54. The second-order valence-electron chi connectivity index (χ2n) is 4.87. The van der Waals surface area contributed by atoms with Crippen molar-refractivity contribution in [2.24, 2.45) is 0 Å². The Balaban J connectivity index is 2.08. The fourth-order valence-corrected chi connectivity index (χ4v) is 2.11. The molecular formula is C15H22N4O2. The van der Waals surface area contributed by atoms with Gasteiger partial charge in [0.2, 0.25) is 5.89 Å². The lowest BCUT2D eigenvalue weighted by atomic mass is 10.2. The standard InChI is InChI=1S/C15H22N4O2/c1-5-16-11(2)14-17-18-15(21-14)19(3)10-12-8-6-7-9-13(12)20-4/h6-9,11,16H,5,10H2,1-4H3. The molecule has 0 radical (unpaired) electrons. The minimum absolute atomic E-state index is 0.0518. The van der Waals surface area contributed by atoms with E-state index in [1.807, 2.05) is 50.1 Å². The van der Waals surface area contributed by atoms with E-state index in [0.717, 1.165) is 17.9 Å². The Hall–Kier alpha value is -2.08. The van der Waals surface area contributed by atoms with E-state index in [-0.39, 0.29) is 6.04 Å². The number of para-hydroxylation sites is 1. The molecule has 21 heavy (non-hydrogen) atoms. The Kier molecular flexibility index (Phi) is 5.16. The molecule has 2 aromatic rings. The molecule has 0 aliphatic heterocycles. The average Bonchev–Trinajstić information content (AvgIpc) is 2.98. The number of rotatable bonds is 7. The SMILES string of the molecule is CCNC(C)c1nnc(N(C)Cc2ccccc2OC)o1. The first kappa shape index (κ1) is 15.3. The zero-order chi connectivity index (χ0) is 15.2. The van der Waals surface area contributed by atoms with Crippen molar-refractivity contribution in [2.45, 2.75) is 26.4 Å². The van der Waals surface area contributed by atoms with E-state index < -0.39 is 0 Å². The number of benzene rings is 1. The third-order valence-corrected chi connectivity index (χ3v) is 3.24. The highest BCUT2D eigenvalue weighted by molar-refractivity contribution is 5.37. The van der Waals surface area contributed by atoms with Crippen LogP contribution in [0.1, 0.15) is 31.3 Å². The summed E-state index contributed by atoms with van der Waals surface area (Å²) in [4.78, 5) is 1.91. The summed E-state index contributed by atoms with van der Waals surface area (Å²) in [5.74, 6) is 1.45. The summed E-state index contributed by atoms with van der Waals surface area (Å²) in [6.07, 6.45) is 0. The number of hydrogen-bond acceptors (Lipinski definition) is 6. The topological polar surface area (TPSA) is 63.4 Å². The molecule has 0 amide bonds. The number of anilines is 1. The lowest BCUT2D eigenvalue weighted by Crippen LogP contribution is -2.18. The normalized spacial score (nSPS) is 12.2. The summed E-state index contributed by atoms with van der Waals surface area (Å²) >= 11 is 0. The lowest BCUT2D eigenvalue weighted by Gasteiger charge is -2.16. The summed E-state index contributed by atoms with van der Waals surface area (Å²) in [5.41, 5.74) is 1.07. The molecule has 0 saturated carbocycles. The van der Waals surface area contributed by atoms with Crippen molar-refractivity contribution in [1.29, 1.82) is 0 Å². The van der Waals surface area contributed by atoms with Crippen LogP contribution in [0.4, 0.5) is 6.01 Å². The van der Waals surface area contributed by atoms with Crippen molar-refractivity contribution in [1.82, 2.24) is 15.5 Å². The smallest absolute Gasteiger partial charge is 0.318 e. The zero-order valence-corrected chi connectivity index (χ0v) is 13.0. The maximum absolute atomic E-state index is 5.71. The molecule has 1 unspecified atom stereocenters. The van der Waals surface area contributed by atoms with Gasteiger partial charge in [-0.3, -0.25) is 0 Å². The van der Waals surface area contributed by atoms with Crippen LogP contribution in [-0.4, -0.2) is 30.9 Å². The van der Waals surface area contributed by atoms with E-state index in [9.17, 15) is 0 Å². The second-order valence-corrected chi connectivity index (χ2v) is 4.87. The largest absolute Gasteiger partial charge is 0.496 e. The van der Waals surface area contributed by atoms with Crippen molar-refractivity contribution >= 4 is 6.01 Å². The number of ether oxygens (including phenoxy) is 1. The summed E-state index contributed by atoms with van der Waals surface area (Å²) in [6, 6.07) is 8.45. The van der Waals surface area contributed by atoms with E-state index in [0.29, 0.717) is 18.5 Å². The molecule has 2 rings (SSSR count). The molecule has 1 aromatic heterocycles. The maximum Gasteiger partial charge on any atom is 0.318 e. The number of methoxy groups -OCH3 is 1. The Morgan fingerprint density at radius 1 is 1.33 bits per heavy atom. The third kappa shape index (κ3) is 3.72. The fourth-order valence-electron chi connectivity index (χ4n) is 2.11. The Labute approximate surface area is 125 Å². The zero-order valence-electron chi connectivity index (χ0n) is 13.0. The van der Waals surface area contributed by atoms with Crippen LogP contribution in [0.5, 0.6) is 5.75 Å². The first-order chi connectivity index (χ1) is 10.2. The maximum atomic E-state index is 5.71. The van der Waals surface area contributed by atoms with Gasteiger partial charge in [-0.25, -0.2) is 0 Å². The van der Waals surface area contributed by atoms with E-state index in [1.165, 1.54) is 0 Å². The van der Waals surface area contributed by atoms with Gasteiger partial charge in [-0.15, -0.1) is 5.10 Å². The van der Waals surface area contributed by atoms with Gasteiger partial charge >= 0.3 is 6.01 Å². The van der Waals surface area contributed by atoms with Gasteiger partial charge in [0.1, 0.15) is 5.75 Å². The highest BCUT2D eigenvalue weighted by atomic mass is 16.5. The average molecular weight is 290 g/mol. The first-order valence-electron chi connectivity index (χ1n) is 7.05. The van der Waals surface area contributed by atoms with Gasteiger partial charge in [0, 0.05) is 12.6 Å². The summed E-state index contributed by atoms with van der Waals surface area (Å²) in [5, 5.41) is 11.4. The van der Waals surface area contributed by atoms with Gasteiger partial charge in [-0.2, -0.15) is 0 Å². The molecule has 6 nitrogen and oxygen atoms in total. The van der Waals surface area contributed by atoms with Crippen LogP contribution in [0.2, 0.25) is 0 Å². The fraction of sp³-hybridized carbons (Fsp3) is 0.467. The number of nitrogens with one attached hydrogen (secondary N) is 1. The van der Waals surface area contributed by atoms with Crippen LogP contribution < -0.4 is 15.0 Å². The summed E-state index contributed by atoms with van der Waals surface area (Å²) < 4.78 is 11.1. The van der Waals surface area contributed by atoms with E-state index >= 15 is 0 Å². The molecule has 1 aromatic carbocycles. The van der Waals surface area contributed by atoms with Crippen LogP contribution in [0, 0.1) is 0 Å². The van der Waals surface area contributed by atoms with Crippen molar-refractivity contribution in [3.63, 3.8) is 0 Å².